The number of furan rings is 1. The maximum Gasteiger partial charge on any atom is 0.341 e. The predicted molar refractivity (Wildman–Crippen MR) is 170 cm³/mol. The molecule has 0 radical (unpaired) electrons. The molecule has 224 valence electrons. The highest BCUT2D eigenvalue weighted by molar-refractivity contribution is 6.16. The van der Waals surface area contributed by atoms with E-state index < -0.39 is 11.9 Å². The first-order valence-electron chi connectivity index (χ1n) is 15.9. The normalized spacial score (nSPS) is 11.6. The Morgan fingerprint density at radius 1 is 0.659 bits per heavy atom. The van der Waals surface area contributed by atoms with Crippen LogP contribution in [0, 0.1) is 0 Å². The molecule has 5 nitrogen and oxygen atoms in total. The average Bonchev–Trinajstić information content (AvgIpc) is 3.38. The predicted octanol–water partition coefficient (Wildman–Crippen LogP) is 10.8. The molecule has 0 atom stereocenters. The number of ether oxygens (including phenoxy) is 2. The number of hydrogen-bond donors (Lipinski definition) is 0. The number of carbonyl (C=O) groups excluding carboxylic acids is 2. The third kappa shape index (κ3) is 10.1. The number of unbranched alkanes of at least 4 members (excludes halogenated alkanes) is 16. The lowest BCUT2D eigenvalue weighted by atomic mass is 10.0. The summed E-state index contributed by atoms with van der Waals surface area (Å²) in [4.78, 5) is 24.8. The first kappa shape index (κ1) is 32.4. The lowest BCUT2D eigenvalue weighted by Gasteiger charge is -2.04. The number of methoxy groups -OCH3 is 2. The topological polar surface area (TPSA) is 65.7 Å². The number of fused-ring (bicyclic) bond motifs is 3. The number of esters is 2. The minimum atomic E-state index is -0.479. The zero-order chi connectivity index (χ0) is 29.3. The van der Waals surface area contributed by atoms with Crippen LogP contribution in [0.15, 0.2) is 40.8 Å². The Bertz CT molecular complexity index is 1250. The molecule has 3 aromatic rings. The van der Waals surface area contributed by atoms with Crippen LogP contribution >= 0.6 is 0 Å². The van der Waals surface area contributed by atoms with E-state index in [0.717, 1.165) is 29.2 Å². The molecular formula is C36H50O5. The van der Waals surface area contributed by atoms with Crippen molar-refractivity contribution in [3.05, 3.63) is 53.1 Å². The van der Waals surface area contributed by atoms with Gasteiger partial charge in [0.1, 0.15) is 22.3 Å². The molecular weight excluding hydrogens is 512 g/mol. The van der Waals surface area contributed by atoms with E-state index in [1.54, 1.807) is 18.2 Å². The van der Waals surface area contributed by atoms with Crippen molar-refractivity contribution in [3.8, 4) is 0 Å². The standard InChI is InChI=1S/C36H50O5/c1-4-5-6-7-8-9-10-11-12-13-14-15-16-17-18-19-20-21-23-28-26-31-29-24-22-25-30(35(37)39-2)33(29)41-34(31)32(27-28)36(38)40-3/h21-27H,4-20H2,1-3H3/b23-21+. The van der Waals surface area contributed by atoms with Gasteiger partial charge in [-0.05, 0) is 36.6 Å². The van der Waals surface area contributed by atoms with Gasteiger partial charge in [0.15, 0.2) is 0 Å². The Kier molecular flexibility index (Phi) is 14.5. The molecule has 0 fully saturated rings. The van der Waals surface area contributed by atoms with E-state index >= 15 is 0 Å². The van der Waals surface area contributed by atoms with Gasteiger partial charge in [0, 0.05) is 10.8 Å². The van der Waals surface area contributed by atoms with E-state index in [-0.39, 0.29) is 0 Å². The van der Waals surface area contributed by atoms with E-state index in [9.17, 15) is 9.59 Å². The Balaban J connectivity index is 1.40. The summed E-state index contributed by atoms with van der Waals surface area (Å²) in [6, 6.07) is 9.13. The van der Waals surface area contributed by atoms with Crippen molar-refractivity contribution in [1.82, 2.24) is 0 Å². The minimum absolute atomic E-state index is 0.331. The van der Waals surface area contributed by atoms with E-state index in [2.05, 4.69) is 19.1 Å². The molecule has 3 rings (SSSR count). The van der Waals surface area contributed by atoms with Gasteiger partial charge < -0.3 is 13.9 Å². The van der Waals surface area contributed by atoms with Gasteiger partial charge in [0.05, 0.1) is 14.2 Å². The summed E-state index contributed by atoms with van der Waals surface area (Å²) in [6.45, 7) is 2.28. The molecule has 1 heterocycles. The summed E-state index contributed by atoms with van der Waals surface area (Å²) in [7, 11) is 2.70. The summed E-state index contributed by atoms with van der Waals surface area (Å²) < 4.78 is 16.0. The second-order valence-corrected chi connectivity index (χ2v) is 11.2. The van der Waals surface area contributed by atoms with Crippen LogP contribution < -0.4 is 0 Å². The monoisotopic (exact) mass is 562 g/mol. The molecule has 0 amide bonds. The van der Waals surface area contributed by atoms with Crippen LogP contribution in [0.2, 0.25) is 0 Å². The molecule has 1 aromatic heterocycles. The second-order valence-electron chi connectivity index (χ2n) is 11.2. The molecule has 0 aliphatic heterocycles. The van der Waals surface area contributed by atoms with Crippen molar-refractivity contribution < 1.29 is 23.5 Å². The fourth-order valence-corrected chi connectivity index (χ4v) is 5.58. The van der Waals surface area contributed by atoms with Crippen molar-refractivity contribution in [2.75, 3.05) is 14.2 Å². The minimum Gasteiger partial charge on any atom is -0.465 e. The smallest absolute Gasteiger partial charge is 0.341 e. The van der Waals surface area contributed by atoms with Gasteiger partial charge in [-0.1, -0.05) is 128 Å². The Morgan fingerprint density at radius 2 is 1.17 bits per heavy atom. The lowest BCUT2D eigenvalue weighted by Crippen LogP contribution is -2.02. The third-order valence-electron chi connectivity index (χ3n) is 7.97. The summed E-state index contributed by atoms with van der Waals surface area (Å²) in [5, 5.41) is 1.54. The van der Waals surface area contributed by atoms with E-state index in [1.165, 1.54) is 111 Å². The summed E-state index contributed by atoms with van der Waals surface area (Å²) >= 11 is 0. The number of carbonyl (C=O) groups is 2. The van der Waals surface area contributed by atoms with Crippen LogP contribution in [0.4, 0.5) is 0 Å². The molecule has 0 saturated carbocycles. The van der Waals surface area contributed by atoms with Crippen LogP contribution in [-0.4, -0.2) is 26.2 Å². The molecule has 2 aromatic carbocycles. The maximum atomic E-state index is 12.6. The highest BCUT2D eigenvalue weighted by Crippen LogP contribution is 2.35. The highest BCUT2D eigenvalue weighted by atomic mass is 16.5. The maximum absolute atomic E-state index is 12.6. The van der Waals surface area contributed by atoms with Gasteiger partial charge in [0.2, 0.25) is 0 Å². The average molecular weight is 563 g/mol. The number of hydrogen-bond acceptors (Lipinski definition) is 5. The van der Waals surface area contributed by atoms with Crippen molar-refractivity contribution in [2.24, 2.45) is 0 Å². The Hall–Kier alpha value is -3.08. The third-order valence-corrected chi connectivity index (χ3v) is 7.97. The SMILES string of the molecule is CCCCCCCCCCCCCCCCCC/C=C/c1cc(C(=O)OC)c2oc3c(C(=O)OC)cccc3c2c1. The number of benzene rings is 2. The van der Waals surface area contributed by atoms with Crippen molar-refractivity contribution >= 4 is 40.0 Å². The fraction of sp³-hybridized carbons (Fsp3) is 0.556. The van der Waals surface area contributed by atoms with E-state index in [4.69, 9.17) is 13.9 Å². The van der Waals surface area contributed by atoms with E-state index in [1.807, 2.05) is 12.1 Å². The first-order valence-corrected chi connectivity index (χ1v) is 15.9. The van der Waals surface area contributed by atoms with Crippen LogP contribution in [0.25, 0.3) is 28.0 Å². The van der Waals surface area contributed by atoms with Gasteiger partial charge in [-0.25, -0.2) is 9.59 Å². The van der Waals surface area contributed by atoms with Crippen LogP contribution in [0.3, 0.4) is 0 Å². The van der Waals surface area contributed by atoms with Crippen LogP contribution in [-0.2, 0) is 9.47 Å². The summed E-state index contributed by atoms with van der Waals surface area (Å²) in [6.07, 6.45) is 27.1. The van der Waals surface area contributed by atoms with Gasteiger partial charge in [-0.2, -0.15) is 0 Å². The fourth-order valence-electron chi connectivity index (χ4n) is 5.58. The van der Waals surface area contributed by atoms with Crippen LogP contribution in [0.1, 0.15) is 142 Å². The molecule has 0 aliphatic carbocycles. The van der Waals surface area contributed by atoms with Crippen molar-refractivity contribution in [3.63, 3.8) is 0 Å². The van der Waals surface area contributed by atoms with Crippen molar-refractivity contribution in [1.29, 1.82) is 0 Å². The second kappa shape index (κ2) is 18.4. The summed E-state index contributed by atoms with van der Waals surface area (Å²) in [5.41, 5.74) is 2.41. The lowest BCUT2D eigenvalue weighted by molar-refractivity contribution is 0.0594. The zero-order valence-electron chi connectivity index (χ0n) is 25.6. The largest absolute Gasteiger partial charge is 0.465 e. The van der Waals surface area contributed by atoms with Gasteiger partial charge in [-0.15, -0.1) is 0 Å². The number of allylic oxidation sites excluding steroid dienone is 1. The Labute approximate surface area is 246 Å². The van der Waals surface area contributed by atoms with Crippen LogP contribution in [0.5, 0.6) is 0 Å². The van der Waals surface area contributed by atoms with Gasteiger partial charge in [0.25, 0.3) is 0 Å². The zero-order valence-corrected chi connectivity index (χ0v) is 25.6. The molecule has 0 aliphatic rings. The Morgan fingerprint density at radius 3 is 1.73 bits per heavy atom. The van der Waals surface area contributed by atoms with Gasteiger partial charge in [-0.3, -0.25) is 0 Å². The molecule has 0 N–H and O–H groups in total. The molecule has 41 heavy (non-hydrogen) atoms. The van der Waals surface area contributed by atoms with Gasteiger partial charge >= 0.3 is 11.9 Å². The van der Waals surface area contributed by atoms with E-state index in [0.29, 0.717) is 22.3 Å². The highest BCUT2D eigenvalue weighted by Gasteiger charge is 2.21. The summed E-state index contributed by atoms with van der Waals surface area (Å²) in [5.74, 6) is -0.949. The molecule has 0 unspecified atom stereocenters. The number of rotatable bonds is 20. The molecule has 0 bridgehead atoms. The quantitative estimate of drug-likeness (QED) is 0.101. The van der Waals surface area contributed by atoms with Crippen molar-refractivity contribution in [2.45, 2.75) is 116 Å². The molecule has 5 heteroatoms. The first-order chi connectivity index (χ1) is 20.1. The molecule has 0 spiro atoms. The number of para-hydroxylation sites is 1. The molecule has 0 saturated heterocycles.